The molecule has 27 heavy (non-hydrogen) atoms. The Hall–Kier alpha value is -2.90. The van der Waals surface area contributed by atoms with Crippen molar-refractivity contribution in [3.05, 3.63) is 35.4 Å². The number of methoxy groups -OCH3 is 1. The van der Waals surface area contributed by atoms with Crippen LogP contribution in [0.5, 0.6) is 0 Å². The summed E-state index contributed by atoms with van der Waals surface area (Å²) in [5.41, 5.74) is 0.508. The zero-order valence-corrected chi connectivity index (χ0v) is 15.3. The Kier molecular flexibility index (Phi) is 9.77. The Balaban J connectivity index is 0.00000676. The lowest BCUT2D eigenvalue weighted by Gasteiger charge is -2.23. The van der Waals surface area contributed by atoms with Gasteiger partial charge in [0.15, 0.2) is 0 Å². The lowest BCUT2D eigenvalue weighted by atomic mass is 10.0. The molecular formula is C19H28N2O6. The molecule has 0 aliphatic rings. The van der Waals surface area contributed by atoms with Crippen LogP contribution in [-0.4, -0.2) is 49.6 Å². The standard InChI is InChI=1S/C18H24N2O6.CH4/c1-18(2,3)26-17(24)20-14(16(23)19-10-15(22)25-4)9-12-5-7-13(11-21)8-6-12;/h5-8,11,14H,9-10H2,1-4H3,(H,19,23)(H,20,24);1H4. The first kappa shape index (κ1) is 24.1. The van der Waals surface area contributed by atoms with Gasteiger partial charge in [0.2, 0.25) is 5.91 Å². The normalized spacial score (nSPS) is 11.4. The zero-order chi connectivity index (χ0) is 19.7. The number of aldehydes is 1. The molecule has 0 saturated heterocycles. The first-order valence-corrected chi connectivity index (χ1v) is 8.02. The summed E-state index contributed by atoms with van der Waals surface area (Å²) in [5.74, 6) is -1.16. The number of benzene rings is 1. The van der Waals surface area contributed by atoms with Crippen molar-refractivity contribution in [3.8, 4) is 0 Å². The molecule has 8 nitrogen and oxygen atoms in total. The Labute approximate surface area is 159 Å². The topological polar surface area (TPSA) is 111 Å². The molecule has 0 aromatic heterocycles. The quantitative estimate of drug-likeness (QED) is 0.552. The van der Waals surface area contributed by atoms with Crippen LogP contribution < -0.4 is 10.6 Å². The van der Waals surface area contributed by atoms with Crippen molar-refractivity contribution in [2.75, 3.05) is 13.7 Å². The Morgan fingerprint density at radius 2 is 1.74 bits per heavy atom. The van der Waals surface area contributed by atoms with Crippen LogP contribution in [0.25, 0.3) is 0 Å². The zero-order valence-electron chi connectivity index (χ0n) is 15.3. The van der Waals surface area contributed by atoms with Gasteiger partial charge in [0.25, 0.3) is 0 Å². The van der Waals surface area contributed by atoms with E-state index in [-0.39, 0.29) is 20.4 Å². The molecule has 1 rings (SSSR count). The van der Waals surface area contributed by atoms with E-state index in [0.717, 1.165) is 5.56 Å². The number of nitrogens with one attached hydrogen (secondary N) is 2. The predicted octanol–water partition coefficient (Wildman–Crippen LogP) is 1.86. The van der Waals surface area contributed by atoms with Crippen LogP contribution in [-0.2, 0) is 25.5 Å². The first-order valence-electron chi connectivity index (χ1n) is 8.02. The average Bonchev–Trinajstić information content (AvgIpc) is 2.57. The molecule has 2 amide bonds. The molecule has 0 radical (unpaired) electrons. The highest BCUT2D eigenvalue weighted by atomic mass is 16.6. The highest BCUT2D eigenvalue weighted by Crippen LogP contribution is 2.09. The van der Waals surface area contributed by atoms with Gasteiger partial charge in [0.05, 0.1) is 7.11 Å². The van der Waals surface area contributed by atoms with Gasteiger partial charge >= 0.3 is 12.1 Å². The molecule has 150 valence electrons. The predicted molar refractivity (Wildman–Crippen MR) is 100 cm³/mol. The molecule has 0 heterocycles. The number of rotatable bonds is 7. The van der Waals surface area contributed by atoms with Crippen molar-refractivity contribution in [2.45, 2.75) is 46.3 Å². The molecule has 0 aliphatic carbocycles. The summed E-state index contributed by atoms with van der Waals surface area (Å²) >= 11 is 0. The van der Waals surface area contributed by atoms with E-state index in [9.17, 15) is 19.2 Å². The number of hydrogen-bond acceptors (Lipinski definition) is 6. The van der Waals surface area contributed by atoms with Gasteiger partial charge in [-0.3, -0.25) is 14.4 Å². The summed E-state index contributed by atoms with van der Waals surface area (Å²) in [6, 6.07) is 5.62. The largest absolute Gasteiger partial charge is 0.468 e. The average molecular weight is 380 g/mol. The Morgan fingerprint density at radius 3 is 2.22 bits per heavy atom. The molecule has 8 heteroatoms. The van der Waals surface area contributed by atoms with Gasteiger partial charge in [0.1, 0.15) is 24.5 Å². The van der Waals surface area contributed by atoms with Crippen LogP contribution >= 0.6 is 0 Å². The minimum atomic E-state index is -0.961. The van der Waals surface area contributed by atoms with Crippen LogP contribution in [0.15, 0.2) is 24.3 Å². The number of esters is 1. The fourth-order valence-electron chi connectivity index (χ4n) is 1.98. The molecule has 2 N–H and O–H groups in total. The van der Waals surface area contributed by atoms with E-state index in [1.165, 1.54) is 7.11 Å². The molecule has 0 aliphatic heterocycles. The summed E-state index contributed by atoms with van der Waals surface area (Å²) in [6.45, 7) is 4.80. The molecular weight excluding hydrogens is 352 g/mol. The molecule has 0 fully saturated rings. The molecule has 1 aromatic carbocycles. The summed E-state index contributed by atoms with van der Waals surface area (Å²) in [4.78, 5) is 46.3. The number of hydrogen-bond donors (Lipinski definition) is 2. The van der Waals surface area contributed by atoms with Crippen molar-refractivity contribution in [1.82, 2.24) is 10.6 Å². The third-order valence-electron chi connectivity index (χ3n) is 3.20. The third-order valence-corrected chi connectivity index (χ3v) is 3.20. The van der Waals surface area contributed by atoms with Crippen LogP contribution in [0.2, 0.25) is 0 Å². The third kappa shape index (κ3) is 9.39. The van der Waals surface area contributed by atoms with E-state index >= 15 is 0 Å². The van der Waals surface area contributed by atoms with Crippen LogP contribution in [0.4, 0.5) is 4.79 Å². The molecule has 1 atom stereocenters. The summed E-state index contributed by atoms with van der Waals surface area (Å²) in [5, 5.41) is 4.90. The second-order valence-corrected chi connectivity index (χ2v) is 6.56. The van der Waals surface area contributed by atoms with Gasteiger partial charge in [-0.25, -0.2) is 4.79 Å². The van der Waals surface area contributed by atoms with Gasteiger partial charge in [0, 0.05) is 12.0 Å². The van der Waals surface area contributed by atoms with Crippen molar-refractivity contribution in [2.24, 2.45) is 0 Å². The fraction of sp³-hybridized carbons (Fsp3) is 0.474. The highest BCUT2D eigenvalue weighted by Gasteiger charge is 2.25. The highest BCUT2D eigenvalue weighted by molar-refractivity contribution is 5.88. The first-order chi connectivity index (χ1) is 12.1. The number of amides is 2. The lowest BCUT2D eigenvalue weighted by Crippen LogP contribution is -2.50. The van der Waals surface area contributed by atoms with Crippen molar-refractivity contribution >= 4 is 24.3 Å². The Bertz CT molecular complexity index is 649. The SMILES string of the molecule is C.COC(=O)CNC(=O)C(Cc1ccc(C=O)cc1)NC(=O)OC(C)(C)C. The van der Waals surface area contributed by atoms with E-state index in [0.29, 0.717) is 11.8 Å². The van der Waals surface area contributed by atoms with Crippen molar-refractivity contribution < 1.29 is 28.7 Å². The van der Waals surface area contributed by atoms with Crippen LogP contribution in [0.3, 0.4) is 0 Å². The maximum absolute atomic E-state index is 12.3. The monoisotopic (exact) mass is 380 g/mol. The lowest BCUT2D eigenvalue weighted by molar-refractivity contribution is -0.141. The van der Waals surface area contributed by atoms with E-state index in [1.54, 1.807) is 45.0 Å². The van der Waals surface area contributed by atoms with E-state index in [4.69, 9.17) is 4.74 Å². The van der Waals surface area contributed by atoms with Gasteiger partial charge in [-0.2, -0.15) is 0 Å². The van der Waals surface area contributed by atoms with Gasteiger partial charge in [-0.15, -0.1) is 0 Å². The summed E-state index contributed by atoms with van der Waals surface area (Å²) < 4.78 is 9.64. The maximum atomic E-state index is 12.3. The summed E-state index contributed by atoms with van der Waals surface area (Å²) in [6.07, 6.45) is 0.120. The number of ether oxygens (including phenoxy) is 2. The molecule has 0 spiro atoms. The van der Waals surface area contributed by atoms with Gasteiger partial charge in [-0.05, 0) is 26.3 Å². The van der Waals surface area contributed by atoms with Crippen molar-refractivity contribution in [3.63, 3.8) is 0 Å². The van der Waals surface area contributed by atoms with Crippen LogP contribution in [0, 0.1) is 0 Å². The second kappa shape index (κ2) is 10.9. The molecule has 1 unspecified atom stereocenters. The molecule has 1 aromatic rings. The van der Waals surface area contributed by atoms with E-state index < -0.39 is 29.6 Å². The van der Waals surface area contributed by atoms with Gasteiger partial charge in [-0.1, -0.05) is 31.7 Å². The number of carbonyl (C=O) groups excluding carboxylic acids is 4. The van der Waals surface area contributed by atoms with E-state index in [1.807, 2.05) is 0 Å². The minimum Gasteiger partial charge on any atom is -0.468 e. The number of carbonyl (C=O) groups is 4. The second-order valence-electron chi connectivity index (χ2n) is 6.56. The molecule has 0 saturated carbocycles. The maximum Gasteiger partial charge on any atom is 0.408 e. The van der Waals surface area contributed by atoms with E-state index in [2.05, 4.69) is 15.4 Å². The Morgan fingerprint density at radius 1 is 1.15 bits per heavy atom. The fourth-order valence-corrected chi connectivity index (χ4v) is 1.98. The van der Waals surface area contributed by atoms with Gasteiger partial charge < -0.3 is 20.1 Å². The summed E-state index contributed by atoms with van der Waals surface area (Å²) in [7, 11) is 1.21. The number of alkyl carbamates (subject to hydrolysis) is 1. The molecule has 0 bridgehead atoms. The van der Waals surface area contributed by atoms with Crippen LogP contribution in [0.1, 0.15) is 44.1 Å². The van der Waals surface area contributed by atoms with Crippen molar-refractivity contribution in [1.29, 1.82) is 0 Å². The smallest absolute Gasteiger partial charge is 0.408 e. The minimum absolute atomic E-state index is 0.